The lowest BCUT2D eigenvalue weighted by molar-refractivity contribution is -0.870. The van der Waals surface area contributed by atoms with Gasteiger partial charge in [0.25, 0.3) is 7.82 Å². The van der Waals surface area contributed by atoms with Crippen LogP contribution in [0.4, 0.5) is 0 Å². The molecule has 0 aromatic heterocycles. The van der Waals surface area contributed by atoms with Crippen molar-refractivity contribution in [3.05, 3.63) is 0 Å². The molecule has 0 saturated heterocycles. The molecule has 1 amide bonds. The van der Waals surface area contributed by atoms with E-state index in [9.17, 15) is 19.4 Å². The summed E-state index contributed by atoms with van der Waals surface area (Å²) in [6, 6.07) is -0.797. The molecule has 0 bridgehead atoms. The van der Waals surface area contributed by atoms with Gasteiger partial charge in [-0.05, 0) is 12.8 Å². The number of nitrogens with zero attached hydrogens (tertiary/aromatic N) is 1. The first kappa shape index (κ1) is 85.5. The van der Waals surface area contributed by atoms with Crippen LogP contribution < -0.4 is 10.2 Å². The first-order valence-corrected chi connectivity index (χ1v) is 40.8. The van der Waals surface area contributed by atoms with Crippen LogP contribution in [0.15, 0.2) is 0 Å². The van der Waals surface area contributed by atoms with Crippen molar-refractivity contribution in [1.29, 1.82) is 0 Å². The topological polar surface area (TPSA) is 108 Å². The third-order valence-electron chi connectivity index (χ3n) is 18.8. The molecular formula is C77H157N2O6P. The number of rotatable bonds is 75. The number of phosphoric acid groups is 1. The third-order valence-corrected chi connectivity index (χ3v) is 19.8. The first-order valence-electron chi connectivity index (χ1n) is 39.4. The number of aliphatic hydroxyl groups is 1. The van der Waals surface area contributed by atoms with E-state index in [0.29, 0.717) is 23.9 Å². The number of quaternary nitrogens is 1. The Labute approximate surface area is 540 Å². The molecule has 0 rings (SSSR count). The van der Waals surface area contributed by atoms with Gasteiger partial charge in [-0.1, -0.05) is 418 Å². The highest BCUT2D eigenvalue weighted by atomic mass is 31.2. The van der Waals surface area contributed by atoms with Gasteiger partial charge < -0.3 is 28.8 Å². The number of amides is 1. The smallest absolute Gasteiger partial charge is 0.268 e. The molecule has 0 aliphatic rings. The summed E-state index contributed by atoms with van der Waals surface area (Å²) < 4.78 is 23.6. The summed E-state index contributed by atoms with van der Waals surface area (Å²) in [5.41, 5.74) is 0. The van der Waals surface area contributed by atoms with E-state index >= 15 is 0 Å². The van der Waals surface area contributed by atoms with Gasteiger partial charge in [-0.2, -0.15) is 0 Å². The van der Waals surface area contributed by atoms with E-state index in [1.54, 1.807) is 0 Å². The highest BCUT2D eigenvalue weighted by Crippen LogP contribution is 2.38. The molecule has 0 saturated carbocycles. The molecule has 0 spiro atoms. The van der Waals surface area contributed by atoms with E-state index in [0.717, 1.165) is 38.5 Å². The van der Waals surface area contributed by atoms with E-state index in [-0.39, 0.29) is 19.1 Å². The largest absolute Gasteiger partial charge is 0.756 e. The second-order valence-corrected chi connectivity index (χ2v) is 30.2. The molecule has 0 fully saturated rings. The van der Waals surface area contributed by atoms with Gasteiger partial charge in [0.2, 0.25) is 5.91 Å². The highest BCUT2D eigenvalue weighted by Gasteiger charge is 2.24. The van der Waals surface area contributed by atoms with Crippen molar-refractivity contribution in [1.82, 2.24) is 5.32 Å². The number of phosphoric ester groups is 1. The van der Waals surface area contributed by atoms with Crippen LogP contribution in [0.25, 0.3) is 0 Å². The molecule has 0 aromatic carbocycles. The monoisotopic (exact) mass is 1240 g/mol. The summed E-state index contributed by atoms with van der Waals surface area (Å²) in [6.07, 6.45) is 88.0. The van der Waals surface area contributed by atoms with Crippen LogP contribution >= 0.6 is 7.82 Å². The predicted molar refractivity (Wildman–Crippen MR) is 376 cm³/mol. The SMILES string of the molecule is CCCCCCCCCCCCCCCCCCCCCCCCCCCCCCCCCCCCCCCCCCCC(=O)NC(COP(=O)([O-])OCC[N+](C)(C)C)C(O)CCCCCCCCCCCCCCCCCCCCCCCCC. The van der Waals surface area contributed by atoms with Gasteiger partial charge in [0.05, 0.1) is 39.9 Å². The summed E-state index contributed by atoms with van der Waals surface area (Å²) in [7, 11) is 1.33. The summed E-state index contributed by atoms with van der Waals surface area (Å²) in [6.45, 7) is 4.81. The zero-order valence-corrected chi connectivity index (χ0v) is 60.2. The van der Waals surface area contributed by atoms with Gasteiger partial charge in [-0.25, -0.2) is 0 Å². The standard InChI is InChI=1S/C77H157N2O6P/c1-6-8-10-12-14-16-18-20-22-24-26-28-30-31-32-33-34-35-36-37-38-39-40-41-42-43-44-45-46-47-49-51-53-55-57-59-61-63-65-67-69-71-77(81)78-75(74-85-86(82,83)84-73-72-79(3,4)5)76(80)70-68-66-64-62-60-58-56-54-52-50-48-29-27-25-23-21-19-17-15-13-11-9-7-2/h75-76,80H,6-74H2,1-5H3,(H-,78,81,82,83). The molecule has 0 aliphatic carbocycles. The molecule has 9 heteroatoms. The van der Waals surface area contributed by atoms with Crippen LogP contribution in [0.5, 0.6) is 0 Å². The highest BCUT2D eigenvalue weighted by molar-refractivity contribution is 7.45. The Balaban J connectivity index is 3.83. The minimum atomic E-state index is -4.58. The third kappa shape index (κ3) is 70.9. The number of hydrogen-bond donors (Lipinski definition) is 2. The Morgan fingerprint density at radius 3 is 0.791 bits per heavy atom. The number of nitrogens with one attached hydrogen (secondary N) is 1. The van der Waals surface area contributed by atoms with Crippen molar-refractivity contribution in [2.75, 3.05) is 40.9 Å². The van der Waals surface area contributed by atoms with Crippen molar-refractivity contribution < 1.29 is 32.9 Å². The van der Waals surface area contributed by atoms with Gasteiger partial charge in [0.1, 0.15) is 13.2 Å². The van der Waals surface area contributed by atoms with Crippen molar-refractivity contribution in [2.45, 2.75) is 450 Å². The molecule has 2 N–H and O–H groups in total. The van der Waals surface area contributed by atoms with Gasteiger partial charge in [-0.3, -0.25) is 9.36 Å². The molecule has 0 radical (unpaired) electrons. The zero-order valence-electron chi connectivity index (χ0n) is 59.3. The molecule has 0 aliphatic heterocycles. The van der Waals surface area contributed by atoms with Crippen molar-refractivity contribution >= 4 is 13.7 Å². The quantitative estimate of drug-likeness (QED) is 0.0357. The summed E-state index contributed by atoms with van der Waals surface area (Å²) in [5.74, 6) is -0.152. The maximum Gasteiger partial charge on any atom is 0.268 e. The fourth-order valence-corrected chi connectivity index (χ4v) is 13.5. The minimum Gasteiger partial charge on any atom is -0.756 e. The molecular weight excluding hydrogens is 1080 g/mol. The summed E-state index contributed by atoms with van der Waals surface area (Å²) in [5, 5.41) is 14.1. The van der Waals surface area contributed by atoms with Crippen LogP contribution in [0.2, 0.25) is 0 Å². The van der Waals surface area contributed by atoms with E-state index in [2.05, 4.69) is 19.2 Å². The van der Waals surface area contributed by atoms with Crippen molar-refractivity contribution in [3.8, 4) is 0 Å². The fourth-order valence-electron chi connectivity index (χ4n) is 12.8. The van der Waals surface area contributed by atoms with Crippen LogP contribution in [-0.4, -0.2) is 68.5 Å². The molecule has 3 atom stereocenters. The van der Waals surface area contributed by atoms with E-state index in [1.165, 1.54) is 372 Å². The second kappa shape index (κ2) is 68.9. The average molecular weight is 1240 g/mol. The van der Waals surface area contributed by atoms with Gasteiger partial charge >= 0.3 is 0 Å². The van der Waals surface area contributed by atoms with Gasteiger partial charge in [0.15, 0.2) is 0 Å². The minimum absolute atomic E-state index is 0.0170. The number of unbranched alkanes of at least 4 members (excludes halogenated alkanes) is 62. The number of hydrogen-bond acceptors (Lipinski definition) is 6. The molecule has 516 valence electrons. The number of likely N-dealkylation sites (N-methyl/N-ethyl adjacent to an activating group) is 1. The van der Waals surface area contributed by atoms with Crippen LogP contribution in [0.3, 0.4) is 0 Å². The van der Waals surface area contributed by atoms with Crippen molar-refractivity contribution in [3.63, 3.8) is 0 Å². The second-order valence-electron chi connectivity index (χ2n) is 28.8. The predicted octanol–water partition coefficient (Wildman–Crippen LogP) is 24.8. The van der Waals surface area contributed by atoms with Gasteiger partial charge in [0, 0.05) is 6.42 Å². The molecule has 0 heterocycles. The Hall–Kier alpha value is -0.500. The van der Waals surface area contributed by atoms with Crippen molar-refractivity contribution in [2.24, 2.45) is 0 Å². The van der Waals surface area contributed by atoms with E-state index in [1.807, 2.05) is 21.1 Å². The maximum atomic E-state index is 13.1. The molecule has 0 aromatic rings. The summed E-state index contributed by atoms with van der Waals surface area (Å²) in [4.78, 5) is 25.7. The van der Waals surface area contributed by atoms with Crippen LogP contribution in [0, 0.1) is 0 Å². The molecule has 3 unspecified atom stereocenters. The fraction of sp³-hybridized carbons (Fsp3) is 0.987. The number of carbonyl (C=O) groups excluding carboxylic acids is 1. The first-order chi connectivity index (χ1) is 42.0. The summed E-state index contributed by atoms with van der Waals surface area (Å²) >= 11 is 0. The molecule has 8 nitrogen and oxygen atoms in total. The van der Waals surface area contributed by atoms with Crippen LogP contribution in [0.1, 0.15) is 438 Å². The normalized spacial score (nSPS) is 13.4. The Bertz CT molecular complexity index is 1360. The lowest BCUT2D eigenvalue weighted by atomic mass is 10.0. The Morgan fingerprint density at radius 1 is 0.360 bits per heavy atom. The maximum absolute atomic E-state index is 13.1. The van der Waals surface area contributed by atoms with Crippen LogP contribution in [-0.2, 0) is 18.4 Å². The lowest BCUT2D eigenvalue weighted by Crippen LogP contribution is -2.46. The number of aliphatic hydroxyl groups excluding tert-OH is 1. The lowest BCUT2D eigenvalue weighted by Gasteiger charge is -2.30. The Morgan fingerprint density at radius 2 is 0.570 bits per heavy atom. The van der Waals surface area contributed by atoms with E-state index in [4.69, 9.17) is 9.05 Å². The Kier molecular flexibility index (Phi) is 68.5. The van der Waals surface area contributed by atoms with E-state index < -0.39 is 20.0 Å². The zero-order chi connectivity index (χ0) is 62.6. The average Bonchev–Trinajstić information content (AvgIpc) is 3.70. The van der Waals surface area contributed by atoms with Gasteiger partial charge in [-0.15, -0.1) is 0 Å². The number of carbonyl (C=O) groups is 1. The molecule has 86 heavy (non-hydrogen) atoms.